The highest BCUT2D eigenvalue weighted by atomic mass is 35.5. The summed E-state index contributed by atoms with van der Waals surface area (Å²) >= 11 is 19.5. The standard InChI is InChI=1S/C12H5Cl3N2S/c13-6-1-2-7(8(14)5-6)12-17-9-3-4-16-11(15)10(9)18-12/h1-5H. The molecule has 3 rings (SSSR count). The first-order valence-corrected chi connectivity index (χ1v) is 6.96. The quantitative estimate of drug-likeness (QED) is 0.568. The second-order valence-corrected chi connectivity index (χ2v) is 5.79. The predicted molar refractivity (Wildman–Crippen MR) is 77.9 cm³/mol. The van der Waals surface area contributed by atoms with E-state index in [1.54, 1.807) is 18.3 Å². The zero-order chi connectivity index (χ0) is 12.7. The third-order valence-corrected chi connectivity index (χ3v) is 4.48. The Bertz CT molecular complexity index is 739. The van der Waals surface area contributed by atoms with Crippen molar-refractivity contribution < 1.29 is 0 Å². The van der Waals surface area contributed by atoms with Gasteiger partial charge in [-0.05, 0) is 24.3 Å². The molecule has 0 aliphatic heterocycles. The predicted octanol–water partition coefficient (Wildman–Crippen LogP) is 5.32. The number of halogens is 3. The Hall–Kier alpha value is -0.870. The smallest absolute Gasteiger partial charge is 0.148 e. The van der Waals surface area contributed by atoms with E-state index in [4.69, 9.17) is 34.8 Å². The maximum absolute atomic E-state index is 6.17. The molecule has 0 atom stereocenters. The van der Waals surface area contributed by atoms with Crippen LogP contribution in [0.25, 0.3) is 20.8 Å². The van der Waals surface area contributed by atoms with Gasteiger partial charge in [-0.15, -0.1) is 11.3 Å². The van der Waals surface area contributed by atoms with Crippen molar-refractivity contribution in [2.75, 3.05) is 0 Å². The Morgan fingerprint density at radius 3 is 2.61 bits per heavy atom. The molecule has 3 aromatic rings. The minimum Gasteiger partial charge on any atom is -0.243 e. The highest BCUT2D eigenvalue weighted by Gasteiger charge is 2.12. The van der Waals surface area contributed by atoms with E-state index >= 15 is 0 Å². The lowest BCUT2D eigenvalue weighted by molar-refractivity contribution is 1.35. The Morgan fingerprint density at radius 2 is 1.89 bits per heavy atom. The SMILES string of the molecule is Clc1ccc(-c2nc3ccnc(Cl)c3s2)c(Cl)c1. The van der Waals surface area contributed by atoms with E-state index in [1.165, 1.54) is 11.3 Å². The van der Waals surface area contributed by atoms with Gasteiger partial charge in [-0.3, -0.25) is 0 Å². The lowest BCUT2D eigenvalue weighted by atomic mass is 10.2. The van der Waals surface area contributed by atoms with Crippen molar-refractivity contribution in [3.8, 4) is 10.6 Å². The first-order chi connectivity index (χ1) is 8.65. The first kappa shape index (κ1) is 12.2. The molecule has 0 spiro atoms. The highest BCUT2D eigenvalue weighted by Crippen LogP contribution is 2.37. The summed E-state index contributed by atoms with van der Waals surface area (Å²) in [6.45, 7) is 0. The molecular formula is C12H5Cl3N2S. The second kappa shape index (κ2) is 4.67. The Balaban J connectivity index is 2.23. The maximum atomic E-state index is 6.17. The largest absolute Gasteiger partial charge is 0.243 e. The van der Waals surface area contributed by atoms with Gasteiger partial charge < -0.3 is 0 Å². The fraction of sp³-hybridized carbons (Fsp3) is 0. The molecule has 0 bridgehead atoms. The summed E-state index contributed by atoms with van der Waals surface area (Å²) in [5.41, 5.74) is 1.67. The molecule has 0 fully saturated rings. The number of rotatable bonds is 1. The minimum absolute atomic E-state index is 0.460. The van der Waals surface area contributed by atoms with Crippen LogP contribution in [0, 0.1) is 0 Å². The molecule has 0 unspecified atom stereocenters. The minimum atomic E-state index is 0.460. The van der Waals surface area contributed by atoms with E-state index < -0.39 is 0 Å². The van der Waals surface area contributed by atoms with Crippen molar-refractivity contribution in [3.63, 3.8) is 0 Å². The van der Waals surface area contributed by atoms with Crippen LogP contribution in [0.5, 0.6) is 0 Å². The van der Waals surface area contributed by atoms with E-state index in [9.17, 15) is 0 Å². The van der Waals surface area contributed by atoms with Gasteiger partial charge in [0, 0.05) is 16.8 Å². The van der Waals surface area contributed by atoms with E-state index in [1.807, 2.05) is 12.1 Å². The molecule has 0 aliphatic carbocycles. The molecule has 0 saturated heterocycles. The van der Waals surface area contributed by atoms with Crippen molar-refractivity contribution >= 4 is 56.4 Å². The van der Waals surface area contributed by atoms with Gasteiger partial charge in [0.15, 0.2) is 0 Å². The molecule has 18 heavy (non-hydrogen) atoms. The van der Waals surface area contributed by atoms with Gasteiger partial charge in [0.05, 0.1) is 15.2 Å². The van der Waals surface area contributed by atoms with E-state index in [-0.39, 0.29) is 0 Å². The van der Waals surface area contributed by atoms with Gasteiger partial charge in [0.25, 0.3) is 0 Å². The van der Waals surface area contributed by atoms with E-state index in [2.05, 4.69) is 9.97 Å². The zero-order valence-corrected chi connectivity index (χ0v) is 11.9. The number of benzene rings is 1. The number of pyridine rings is 1. The van der Waals surface area contributed by atoms with Gasteiger partial charge >= 0.3 is 0 Å². The Labute approximate surface area is 122 Å². The summed E-state index contributed by atoms with van der Waals surface area (Å²) in [5.74, 6) is 0. The van der Waals surface area contributed by atoms with Crippen LogP contribution < -0.4 is 0 Å². The summed E-state index contributed by atoms with van der Waals surface area (Å²) in [6.07, 6.45) is 1.64. The van der Waals surface area contributed by atoms with Crippen LogP contribution in [0.2, 0.25) is 15.2 Å². The highest BCUT2D eigenvalue weighted by molar-refractivity contribution is 7.22. The fourth-order valence-corrected chi connectivity index (χ4v) is 3.41. The molecule has 2 aromatic heterocycles. The topological polar surface area (TPSA) is 25.8 Å². The molecule has 0 amide bonds. The molecule has 1 aromatic carbocycles. The van der Waals surface area contributed by atoms with Crippen LogP contribution in [0.15, 0.2) is 30.5 Å². The number of aromatic nitrogens is 2. The molecule has 0 saturated carbocycles. The second-order valence-electron chi connectivity index (χ2n) is 3.59. The van der Waals surface area contributed by atoms with Gasteiger partial charge in [-0.1, -0.05) is 34.8 Å². The van der Waals surface area contributed by atoms with E-state index in [0.29, 0.717) is 15.2 Å². The average Bonchev–Trinajstić information content (AvgIpc) is 2.74. The third-order valence-electron chi connectivity index (χ3n) is 2.42. The molecule has 90 valence electrons. The van der Waals surface area contributed by atoms with Crippen LogP contribution in [-0.2, 0) is 0 Å². The van der Waals surface area contributed by atoms with Gasteiger partial charge in [0.2, 0.25) is 0 Å². The monoisotopic (exact) mass is 314 g/mol. The number of fused-ring (bicyclic) bond motifs is 1. The van der Waals surface area contributed by atoms with Crippen LogP contribution >= 0.6 is 46.1 Å². The normalized spacial score (nSPS) is 11.1. The van der Waals surface area contributed by atoms with Crippen LogP contribution in [0.1, 0.15) is 0 Å². The third kappa shape index (κ3) is 2.08. The van der Waals surface area contributed by atoms with E-state index in [0.717, 1.165) is 20.8 Å². The number of thiazole rings is 1. The van der Waals surface area contributed by atoms with Gasteiger partial charge in [-0.2, -0.15) is 0 Å². The molecule has 6 heteroatoms. The van der Waals surface area contributed by atoms with Crippen molar-refractivity contribution in [2.24, 2.45) is 0 Å². The summed E-state index contributed by atoms with van der Waals surface area (Å²) in [7, 11) is 0. The zero-order valence-electron chi connectivity index (χ0n) is 8.82. The van der Waals surface area contributed by atoms with Gasteiger partial charge in [-0.25, -0.2) is 9.97 Å². The molecule has 0 N–H and O–H groups in total. The van der Waals surface area contributed by atoms with Crippen LogP contribution in [-0.4, -0.2) is 9.97 Å². The summed E-state index contributed by atoms with van der Waals surface area (Å²) < 4.78 is 0.861. The average molecular weight is 316 g/mol. The van der Waals surface area contributed by atoms with Crippen molar-refractivity contribution in [2.45, 2.75) is 0 Å². The molecular weight excluding hydrogens is 311 g/mol. The van der Waals surface area contributed by atoms with Crippen molar-refractivity contribution in [1.82, 2.24) is 9.97 Å². The first-order valence-electron chi connectivity index (χ1n) is 5.01. The Kier molecular flexibility index (Phi) is 3.16. The van der Waals surface area contributed by atoms with Crippen LogP contribution in [0.4, 0.5) is 0 Å². The number of hydrogen-bond donors (Lipinski definition) is 0. The summed E-state index contributed by atoms with van der Waals surface area (Å²) in [5, 5.41) is 2.44. The molecule has 2 nitrogen and oxygen atoms in total. The lowest BCUT2D eigenvalue weighted by Crippen LogP contribution is -1.78. The maximum Gasteiger partial charge on any atom is 0.148 e. The van der Waals surface area contributed by atoms with Gasteiger partial charge in [0.1, 0.15) is 10.2 Å². The fourth-order valence-electron chi connectivity index (χ4n) is 1.60. The van der Waals surface area contributed by atoms with Crippen LogP contribution in [0.3, 0.4) is 0 Å². The molecule has 0 aliphatic rings. The van der Waals surface area contributed by atoms with Crippen molar-refractivity contribution in [3.05, 3.63) is 45.7 Å². The summed E-state index contributed by atoms with van der Waals surface area (Å²) in [4.78, 5) is 8.53. The number of nitrogens with zero attached hydrogens (tertiary/aromatic N) is 2. The molecule has 0 radical (unpaired) electrons. The molecule has 2 heterocycles. The van der Waals surface area contributed by atoms with Crippen molar-refractivity contribution in [1.29, 1.82) is 0 Å². The lowest BCUT2D eigenvalue weighted by Gasteiger charge is -1.99. The number of hydrogen-bond acceptors (Lipinski definition) is 3. The Morgan fingerprint density at radius 1 is 1.06 bits per heavy atom. The summed E-state index contributed by atoms with van der Waals surface area (Å²) in [6, 6.07) is 7.16.